The standard InChI is InChI=1S/C84H154NO8P/c1-6-8-10-12-14-16-18-20-22-24-26-28-30-32-34-36-38-40-41-42-43-45-46-48-50-52-54-56-58-60-62-64-66-68-70-72-74-76-83(86)90-80-82(81-92-94(88,89)91-79-78-85(3,4)5)93-84(87)77-75-73-71-69-67-65-63-61-59-57-55-53-51-49-47-44-39-37-35-33-31-29-27-25-23-21-19-17-15-13-11-9-7-2/h9,11,15,17,21,23,27,29,33,35,39,44,49,51,82H,6-8,10,12-14,16,18-20,22,24-26,28,30-32,34,36-38,40-43,45-48,50,52-81H2,1-5H3/b11-9-,17-15-,23-21-,29-27-,35-33-,44-39-,51-49-. The van der Waals surface area contributed by atoms with E-state index >= 15 is 0 Å². The lowest BCUT2D eigenvalue weighted by Crippen LogP contribution is -2.37. The number of carbonyl (C=O) groups excluding carboxylic acids is 2. The molecule has 0 rings (SSSR count). The van der Waals surface area contributed by atoms with Gasteiger partial charge in [-0.15, -0.1) is 0 Å². The number of hydrogen-bond donors (Lipinski definition) is 0. The Balaban J connectivity index is 3.95. The van der Waals surface area contributed by atoms with Gasteiger partial charge in [0, 0.05) is 12.8 Å². The van der Waals surface area contributed by atoms with Crippen LogP contribution in [-0.2, 0) is 32.7 Å². The molecule has 0 heterocycles. The predicted molar refractivity (Wildman–Crippen MR) is 406 cm³/mol. The number of ether oxygens (including phenoxy) is 2. The lowest BCUT2D eigenvalue weighted by atomic mass is 10.0. The van der Waals surface area contributed by atoms with Crippen LogP contribution >= 0.6 is 7.82 Å². The number of phosphoric acid groups is 1. The summed E-state index contributed by atoms with van der Waals surface area (Å²) >= 11 is 0. The van der Waals surface area contributed by atoms with Gasteiger partial charge in [-0.1, -0.05) is 388 Å². The SMILES string of the molecule is CC/C=C\C/C=C\C/C=C\C/C=C\C/C=C\C/C=C\C/C=C\CCCCCCCCCCCCCC(=O)OC(COC(=O)CCCCCCCCCCCCCCCCCCCCCCCCCCCCCCCCCCCCCCC)COP(=O)([O-])OCC[N+](C)(C)C. The first-order valence-corrected chi connectivity index (χ1v) is 41.8. The van der Waals surface area contributed by atoms with Crippen molar-refractivity contribution in [1.82, 2.24) is 0 Å². The third-order valence-electron chi connectivity index (χ3n) is 17.9. The molecule has 0 aliphatic carbocycles. The van der Waals surface area contributed by atoms with Gasteiger partial charge in [-0.25, -0.2) is 0 Å². The Hall–Kier alpha value is -2.81. The van der Waals surface area contributed by atoms with Crippen LogP contribution in [0.3, 0.4) is 0 Å². The first kappa shape index (κ1) is 91.2. The second-order valence-electron chi connectivity index (χ2n) is 28.4. The van der Waals surface area contributed by atoms with Gasteiger partial charge in [0.15, 0.2) is 6.10 Å². The summed E-state index contributed by atoms with van der Waals surface area (Å²) < 4.78 is 34.4. The zero-order valence-electron chi connectivity index (χ0n) is 62.7. The molecular weight excluding hydrogens is 1180 g/mol. The maximum atomic E-state index is 12.9. The molecule has 0 aliphatic heterocycles. The highest BCUT2D eigenvalue weighted by Crippen LogP contribution is 2.38. The molecule has 94 heavy (non-hydrogen) atoms. The monoisotopic (exact) mass is 1340 g/mol. The molecule has 0 radical (unpaired) electrons. The molecule has 10 heteroatoms. The zero-order valence-corrected chi connectivity index (χ0v) is 63.6. The molecule has 0 aliphatic rings. The van der Waals surface area contributed by atoms with Crippen molar-refractivity contribution in [2.75, 3.05) is 47.5 Å². The highest BCUT2D eigenvalue weighted by atomic mass is 31.2. The Kier molecular flexibility index (Phi) is 72.2. The summed E-state index contributed by atoms with van der Waals surface area (Å²) in [6.07, 6.45) is 103. The van der Waals surface area contributed by atoms with E-state index in [1.165, 1.54) is 263 Å². The number of likely N-dealkylation sites (N-methyl/N-ethyl adjacent to an activating group) is 1. The molecule has 0 aromatic rings. The van der Waals surface area contributed by atoms with E-state index < -0.39 is 26.5 Å². The highest BCUT2D eigenvalue weighted by molar-refractivity contribution is 7.45. The van der Waals surface area contributed by atoms with Crippen molar-refractivity contribution in [3.63, 3.8) is 0 Å². The molecule has 0 N–H and O–H groups in total. The van der Waals surface area contributed by atoms with Gasteiger partial charge in [-0.2, -0.15) is 0 Å². The van der Waals surface area contributed by atoms with Crippen LogP contribution in [0.25, 0.3) is 0 Å². The van der Waals surface area contributed by atoms with Gasteiger partial charge in [0.25, 0.3) is 7.82 Å². The van der Waals surface area contributed by atoms with Crippen molar-refractivity contribution in [3.8, 4) is 0 Å². The van der Waals surface area contributed by atoms with Crippen LogP contribution < -0.4 is 4.89 Å². The summed E-state index contributed by atoms with van der Waals surface area (Å²) in [6, 6.07) is 0. The number of hydrogen-bond acceptors (Lipinski definition) is 8. The van der Waals surface area contributed by atoms with Crippen molar-refractivity contribution in [1.29, 1.82) is 0 Å². The molecule has 0 fully saturated rings. The topological polar surface area (TPSA) is 111 Å². The fourth-order valence-corrected chi connectivity index (χ4v) is 12.5. The Morgan fingerprint density at radius 1 is 0.340 bits per heavy atom. The van der Waals surface area contributed by atoms with Crippen molar-refractivity contribution in [2.45, 2.75) is 392 Å². The summed E-state index contributed by atoms with van der Waals surface area (Å²) in [5.74, 6) is -0.822. The van der Waals surface area contributed by atoms with E-state index in [0.29, 0.717) is 17.4 Å². The molecule has 0 amide bonds. The van der Waals surface area contributed by atoms with Crippen LogP contribution in [0.4, 0.5) is 0 Å². The maximum absolute atomic E-state index is 12.9. The Morgan fingerprint density at radius 3 is 0.904 bits per heavy atom. The number of esters is 2. The zero-order chi connectivity index (χ0) is 68.3. The number of unbranched alkanes of at least 4 members (excludes halogenated alkanes) is 47. The smallest absolute Gasteiger partial charge is 0.306 e. The first-order chi connectivity index (χ1) is 46.0. The lowest BCUT2D eigenvalue weighted by Gasteiger charge is -2.28. The molecule has 0 saturated heterocycles. The fourth-order valence-electron chi connectivity index (χ4n) is 11.8. The van der Waals surface area contributed by atoms with Gasteiger partial charge in [0.1, 0.15) is 19.8 Å². The molecule has 0 aromatic heterocycles. The predicted octanol–water partition coefficient (Wildman–Crippen LogP) is 26.2. The number of allylic oxidation sites excluding steroid dienone is 14. The van der Waals surface area contributed by atoms with E-state index in [2.05, 4.69) is 98.9 Å². The molecule has 0 bridgehead atoms. The van der Waals surface area contributed by atoms with Crippen molar-refractivity contribution < 1.29 is 42.1 Å². The molecule has 0 aromatic carbocycles. The third-order valence-corrected chi connectivity index (χ3v) is 18.9. The molecule has 0 saturated carbocycles. The molecule has 9 nitrogen and oxygen atoms in total. The van der Waals surface area contributed by atoms with Gasteiger partial charge in [-0.05, 0) is 70.6 Å². The van der Waals surface area contributed by atoms with Crippen LogP contribution in [0.1, 0.15) is 386 Å². The van der Waals surface area contributed by atoms with Gasteiger partial charge < -0.3 is 27.9 Å². The fraction of sp³-hybridized carbons (Fsp3) is 0.810. The number of phosphoric ester groups is 1. The number of carbonyl (C=O) groups is 2. The summed E-state index contributed by atoms with van der Waals surface area (Å²) in [7, 11) is 1.17. The van der Waals surface area contributed by atoms with E-state index in [1.54, 1.807) is 0 Å². The van der Waals surface area contributed by atoms with Crippen LogP contribution in [0.15, 0.2) is 85.1 Å². The summed E-state index contributed by atoms with van der Waals surface area (Å²) in [5, 5.41) is 0. The minimum atomic E-state index is -4.65. The van der Waals surface area contributed by atoms with Gasteiger partial charge >= 0.3 is 11.9 Å². The van der Waals surface area contributed by atoms with Crippen molar-refractivity contribution in [3.05, 3.63) is 85.1 Å². The van der Waals surface area contributed by atoms with E-state index in [1.807, 2.05) is 21.1 Å². The van der Waals surface area contributed by atoms with Gasteiger partial charge in [0.05, 0.1) is 27.7 Å². The van der Waals surface area contributed by atoms with Crippen LogP contribution in [-0.4, -0.2) is 70.0 Å². The van der Waals surface area contributed by atoms with Crippen LogP contribution in [0.5, 0.6) is 0 Å². The minimum Gasteiger partial charge on any atom is -0.756 e. The molecule has 0 spiro atoms. The van der Waals surface area contributed by atoms with E-state index in [9.17, 15) is 19.0 Å². The normalized spacial score (nSPS) is 13.5. The average molecular weight is 1340 g/mol. The first-order valence-electron chi connectivity index (χ1n) is 40.3. The van der Waals surface area contributed by atoms with Gasteiger partial charge in [0.2, 0.25) is 0 Å². The Morgan fingerprint density at radius 2 is 0.606 bits per heavy atom. The second-order valence-corrected chi connectivity index (χ2v) is 29.8. The van der Waals surface area contributed by atoms with Crippen molar-refractivity contribution in [2.24, 2.45) is 0 Å². The Bertz CT molecular complexity index is 1860. The Labute approximate surface area is 583 Å². The summed E-state index contributed by atoms with van der Waals surface area (Å²) in [4.78, 5) is 38.2. The second kappa shape index (κ2) is 74.4. The molecule has 548 valence electrons. The van der Waals surface area contributed by atoms with Crippen molar-refractivity contribution >= 4 is 19.8 Å². The number of rotatable bonds is 75. The van der Waals surface area contributed by atoms with Gasteiger partial charge in [-0.3, -0.25) is 14.2 Å². The lowest BCUT2D eigenvalue weighted by molar-refractivity contribution is -0.870. The number of quaternary nitrogens is 1. The van der Waals surface area contributed by atoms with Crippen LogP contribution in [0, 0.1) is 0 Å². The maximum Gasteiger partial charge on any atom is 0.306 e. The average Bonchev–Trinajstić information content (AvgIpc) is 1.56. The summed E-state index contributed by atoms with van der Waals surface area (Å²) in [5.41, 5.74) is 0. The molecule has 2 unspecified atom stereocenters. The van der Waals surface area contributed by atoms with E-state index in [-0.39, 0.29) is 32.0 Å². The number of nitrogens with zero attached hydrogens (tertiary/aromatic N) is 1. The molecule has 2 atom stereocenters. The van der Waals surface area contributed by atoms with Crippen LogP contribution in [0.2, 0.25) is 0 Å². The third kappa shape index (κ3) is 78.2. The largest absolute Gasteiger partial charge is 0.756 e. The highest BCUT2D eigenvalue weighted by Gasteiger charge is 2.22. The quantitative estimate of drug-likeness (QED) is 0.0195. The molecular formula is C84H154NO8P. The minimum absolute atomic E-state index is 0.0325. The van der Waals surface area contributed by atoms with E-state index in [4.69, 9.17) is 18.5 Å². The van der Waals surface area contributed by atoms with E-state index in [0.717, 1.165) is 89.9 Å². The summed E-state index contributed by atoms with van der Waals surface area (Å²) in [6.45, 7) is 4.18.